The third-order valence-corrected chi connectivity index (χ3v) is 1.95. The second-order valence-electron chi connectivity index (χ2n) is 3.01. The molecule has 1 saturated heterocycles. The van der Waals surface area contributed by atoms with Crippen LogP contribution in [0.25, 0.3) is 0 Å². The number of hydrogen-bond acceptors (Lipinski definition) is 6. The predicted molar refractivity (Wildman–Crippen MR) is 45.5 cm³/mol. The summed E-state index contributed by atoms with van der Waals surface area (Å²) in [5.41, 5.74) is 0.564. The third-order valence-electron chi connectivity index (χ3n) is 1.95. The first-order valence-corrected chi connectivity index (χ1v) is 4.33. The molecule has 1 atom stereocenters. The summed E-state index contributed by atoms with van der Waals surface area (Å²) < 4.78 is 9.78. The van der Waals surface area contributed by atoms with Crippen molar-refractivity contribution < 1.29 is 19.4 Å². The van der Waals surface area contributed by atoms with Crippen LogP contribution in [0.5, 0.6) is 0 Å². The molecule has 3 N–H and O–H groups in total. The van der Waals surface area contributed by atoms with Gasteiger partial charge in [-0.3, -0.25) is 15.2 Å². The number of carbonyl (C=O) groups is 1. The number of aliphatic carboxylic acids is 1. The number of hydrogen-bond donors (Lipinski definition) is 3. The first-order valence-electron chi connectivity index (χ1n) is 4.33. The molecule has 82 valence electrons. The predicted octanol–water partition coefficient (Wildman–Crippen LogP) is -1.32. The van der Waals surface area contributed by atoms with Gasteiger partial charge in [-0.05, 0) is 0 Å². The number of carboxylic acids is 1. The van der Waals surface area contributed by atoms with Crippen molar-refractivity contribution in [3.8, 4) is 0 Å². The molecule has 1 aliphatic heterocycles. The lowest BCUT2D eigenvalue weighted by Gasteiger charge is -2.29. The summed E-state index contributed by atoms with van der Waals surface area (Å²) in [5, 5.41) is 21.3. The van der Waals surface area contributed by atoms with E-state index in [0.29, 0.717) is 5.69 Å². The topological polar surface area (TPSA) is 109 Å². The van der Waals surface area contributed by atoms with Crippen LogP contribution in [0.3, 0.4) is 0 Å². The molecule has 2 rings (SSSR count). The van der Waals surface area contributed by atoms with Crippen molar-refractivity contribution in [3.05, 3.63) is 11.9 Å². The Labute approximate surface area is 84.6 Å². The van der Waals surface area contributed by atoms with Gasteiger partial charge in [0.2, 0.25) is 6.41 Å². The van der Waals surface area contributed by atoms with Crippen LogP contribution >= 0.6 is 0 Å². The number of rotatable bonds is 5. The number of nitrogens with zero attached hydrogens (tertiary/aromatic N) is 2. The minimum Gasteiger partial charge on any atom is -0.480 e. The van der Waals surface area contributed by atoms with Crippen LogP contribution in [-0.2, 0) is 20.7 Å². The second-order valence-corrected chi connectivity index (χ2v) is 3.01. The summed E-state index contributed by atoms with van der Waals surface area (Å²) in [6.45, 7) is 0.188. The van der Waals surface area contributed by atoms with E-state index in [1.165, 1.54) is 0 Å². The zero-order valence-electron chi connectivity index (χ0n) is 7.71. The normalized spacial score (nSPS) is 18.4. The fourth-order valence-electron chi connectivity index (χ4n) is 1.15. The van der Waals surface area contributed by atoms with Crippen LogP contribution < -0.4 is 5.32 Å². The van der Waals surface area contributed by atoms with E-state index in [-0.39, 0.29) is 13.2 Å². The fraction of sp³-hybridized carbons (Fsp3) is 0.571. The Morgan fingerprint density at radius 2 is 2.60 bits per heavy atom. The lowest BCUT2D eigenvalue weighted by atomic mass is 10.2. The number of aromatic amines is 1. The summed E-state index contributed by atoms with van der Waals surface area (Å²) >= 11 is 0. The van der Waals surface area contributed by atoms with Gasteiger partial charge in [-0.1, -0.05) is 5.21 Å². The Morgan fingerprint density at radius 1 is 1.80 bits per heavy atom. The third kappa shape index (κ3) is 2.49. The fourth-order valence-corrected chi connectivity index (χ4v) is 1.15. The van der Waals surface area contributed by atoms with Crippen molar-refractivity contribution in [3.63, 3.8) is 0 Å². The van der Waals surface area contributed by atoms with Gasteiger partial charge in [-0.25, -0.2) is 0 Å². The van der Waals surface area contributed by atoms with Crippen LogP contribution in [-0.4, -0.2) is 45.7 Å². The lowest BCUT2D eigenvalue weighted by Crippen LogP contribution is -2.52. The molecule has 8 nitrogen and oxygen atoms in total. The summed E-state index contributed by atoms with van der Waals surface area (Å²) in [6.07, 6.45) is 1.12. The summed E-state index contributed by atoms with van der Waals surface area (Å²) in [6, 6.07) is -0.805. The van der Waals surface area contributed by atoms with Crippen molar-refractivity contribution in [1.29, 1.82) is 0 Å². The summed E-state index contributed by atoms with van der Waals surface area (Å²) in [7, 11) is 0. The quantitative estimate of drug-likeness (QED) is 0.557. The maximum Gasteiger partial charge on any atom is 0.321 e. The van der Waals surface area contributed by atoms with Gasteiger partial charge in [-0.2, -0.15) is 0 Å². The number of carboxylic acid groups (broad SMARTS) is 1. The van der Waals surface area contributed by atoms with E-state index >= 15 is 0 Å². The molecule has 0 spiro atoms. The molecule has 0 saturated carbocycles. The average molecular weight is 214 g/mol. The maximum absolute atomic E-state index is 10.9. The molecule has 0 aromatic carbocycles. The highest BCUT2D eigenvalue weighted by atomic mass is 16.9. The van der Waals surface area contributed by atoms with Crippen molar-refractivity contribution in [2.24, 2.45) is 0 Å². The first-order chi connectivity index (χ1) is 7.25. The van der Waals surface area contributed by atoms with E-state index < -0.39 is 18.4 Å². The number of ether oxygens (including phenoxy) is 2. The molecule has 1 aromatic heterocycles. The van der Waals surface area contributed by atoms with Gasteiger partial charge in [0.25, 0.3) is 0 Å². The number of aromatic nitrogens is 3. The van der Waals surface area contributed by atoms with Crippen molar-refractivity contribution >= 4 is 5.97 Å². The molecule has 2 heterocycles. The molecule has 1 fully saturated rings. The SMILES string of the molecule is O=C(O)[C@H](Cc1c[nH]nn1)NC1OCO1. The molecular weight excluding hydrogens is 204 g/mol. The molecule has 0 radical (unpaired) electrons. The van der Waals surface area contributed by atoms with E-state index in [4.69, 9.17) is 14.6 Å². The van der Waals surface area contributed by atoms with Crippen LogP contribution in [0.1, 0.15) is 5.69 Å². The standard InChI is InChI=1S/C7H10N4O4/c12-6(13)5(9-7-14-3-15-7)1-4-2-8-11-10-4/h2,5,7,9H,1,3H2,(H,12,13)(H,8,10,11)/t5-/m0/s1. The maximum atomic E-state index is 10.9. The highest BCUT2D eigenvalue weighted by Gasteiger charge is 2.27. The molecule has 8 heteroatoms. The van der Waals surface area contributed by atoms with Crippen LogP contribution in [0, 0.1) is 0 Å². The smallest absolute Gasteiger partial charge is 0.321 e. The lowest BCUT2D eigenvalue weighted by molar-refractivity contribution is -0.335. The van der Waals surface area contributed by atoms with Crippen LogP contribution in [0.15, 0.2) is 6.20 Å². The molecule has 1 aromatic rings. The molecular formula is C7H10N4O4. The van der Waals surface area contributed by atoms with Gasteiger partial charge >= 0.3 is 5.97 Å². The zero-order valence-corrected chi connectivity index (χ0v) is 7.71. The zero-order chi connectivity index (χ0) is 10.7. The Kier molecular flexibility index (Phi) is 2.90. The molecule has 1 aliphatic rings. The summed E-state index contributed by atoms with van der Waals surface area (Å²) in [4.78, 5) is 10.9. The van der Waals surface area contributed by atoms with E-state index in [0.717, 1.165) is 0 Å². The Balaban J connectivity index is 1.90. The Morgan fingerprint density at radius 3 is 3.07 bits per heavy atom. The van der Waals surface area contributed by atoms with Crippen molar-refractivity contribution in [2.75, 3.05) is 6.79 Å². The van der Waals surface area contributed by atoms with Gasteiger partial charge in [0.15, 0.2) is 6.79 Å². The number of nitrogens with one attached hydrogen (secondary N) is 2. The van der Waals surface area contributed by atoms with E-state index in [9.17, 15) is 4.79 Å². The highest BCUT2D eigenvalue weighted by Crippen LogP contribution is 2.06. The van der Waals surface area contributed by atoms with Gasteiger partial charge in [0, 0.05) is 12.6 Å². The van der Waals surface area contributed by atoms with Gasteiger partial charge in [0.1, 0.15) is 6.04 Å². The number of H-pyrrole nitrogens is 1. The van der Waals surface area contributed by atoms with E-state index in [1.807, 2.05) is 0 Å². The van der Waals surface area contributed by atoms with Crippen LogP contribution in [0.4, 0.5) is 0 Å². The largest absolute Gasteiger partial charge is 0.480 e. The molecule has 15 heavy (non-hydrogen) atoms. The minimum atomic E-state index is -0.989. The van der Waals surface area contributed by atoms with Gasteiger partial charge in [0.05, 0.1) is 5.69 Å². The monoisotopic (exact) mass is 214 g/mol. The van der Waals surface area contributed by atoms with Gasteiger partial charge in [-0.15, -0.1) is 5.10 Å². The van der Waals surface area contributed by atoms with E-state index in [1.54, 1.807) is 6.20 Å². The first kappa shape index (κ1) is 10.0. The Bertz CT molecular complexity index is 324. The highest BCUT2D eigenvalue weighted by molar-refractivity contribution is 5.73. The van der Waals surface area contributed by atoms with E-state index in [2.05, 4.69) is 20.7 Å². The second kappa shape index (κ2) is 4.34. The molecule has 0 unspecified atom stereocenters. The minimum absolute atomic E-state index is 0.188. The Hall–Kier alpha value is -1.51. The molecule has 0 bridgehead atoms. The van der Waals surface area contributed by atoms with Gasteiger partial charge < -0.3 is 14.6 Å². The van der Waals surface area contributed by atoms with Crippen molar-refractivity contribution in [2.45, 2.75) is 18.9 Å². The molecule has 0 amide bonds. The average Bonchev–Trinajstić information content (AvgIpc) is 2.60. The van der Waals surface area contributed by atoms with Crippen LogP contribution in [0.2, 0.25) is 0 Å². The van der Waals surface area contributed by atoms with Crippen molar-refractivity contribution in [1.82, 2.24) is 20.7 Å². The molecule has 0 aliphatic carbocycles. The summed E-state index contributed by atoms with van der Waals surface area (Å²) in [5.74, 6) is -0.989.